The van der Waals surface area contributed by atoms with Crippen molar-refractivity contribution in [2.75, 3.05) is 38.2 Å². The predicted molar refractivity (Wildman–Crippen MR) is 140 cm³/mol. The molecule has 8 nitrogen and oxygen atoms in total. The number of carbonyl (C=O) groups excluding carboxylic acids is 1. The number of ether oxygens (including phenoxy) is 3. The van der Waals surface area contributed by atoms with Gasteiger partial charge < -0.3 is 29.5 Å². The second-order valence-corrected chi connectivity index (χ2v) is 9.67. The number of urea groups is 1. The molecule has 43 heavy (non-hydrogen) atoms. The summed E-state index contributed by atoms with van der Waals surface area (Å²) in [5.41, 5.74) is 3.15. The number of benzene rings is 2. The first kappa shape index (κ1) is 33.9. The molecule has 2 amide bonds. The summed E-state index contributed by atoms with van der Waals surface area (Å²) in [6, 6.07) is 10.6. The molecule has 0 radical (unpaired) electrons. The number of fused-ring (bicyclic) bond motifs is 1. The second kappa shape index (κ2) is 14.3. The third-order valence-corrected chi connectivity index (χ3v) is 6.62. The molecule has 0 aromatic heterocycles. The largest absolute Gasteiger partial charge is 0.492 e. The van der Waals surface area contributed by atoms with Gasteiger partial charge in [0.1, 0.15) is 12.4 Å². The minimum Gasteiger partial charge on any atom is -0.492 e. The number of carboxylic acids is 1. The normalized spacial score (nSPS) is 14.2. The van der Waals surface area contributed by atoms with E-state index in [0.29, 0.717) is 17.0 Å². The van der Waals surface area contributed by atoms with E-state index in [1.807, 2.05) is 6.07 Å². The maximum Gasteiger partial charge on any atom is 0.462 e. The van der Waals surface area contributed by atoms with Crippen molar-refractivity contribution in [3.8, 4) is 5.75 Å². The lowest BCUT2D eigenvalue weighted by molar-refractivity contribution is -0.423. The van der Waals surface area contributed by atoms with Gasteiger partial charge in [0.2, 0.25) is 0 Å². The number of hydrogen-bond donors (Lipinski definition) is 2. The highest BCUT2D eigenvalue weighted by molar-refractivity contribution is 5.89. The van der Waals surface area contributed by atoms with E-state index >= 15 is 0 Å². The number of anilines is 1. The molecule has 0 bridgehead atoms. The summed E-state index contributed by atoms with van der Waals surface area (Å²) in [5, 5.41) is 11.8. The topological polar surface area (TPSA) is 97.3 Å². The molecule has 0 fully saturated rings. The summed E-state index contributed by atoms with van der Waals surface area (Å²) in [6.45, 7) is -0.733. The van der Waals surface area contributed by atoms with Crippen molar-refractivity contribution < 1.29 is 59.6 Å². The number of halogens is 7. The van der Waals surface area contributed by atoms with Gasteiger partial charge in [-0.3, -0.25) is 0 Å². The van der Waals surface area contributed by atoms with E-state index < -0.39 is 49.5 Å². The number of aliphatic carboxylic acids is 1. The van der Waals surface area contributed by atoms with Gasteiger partial charge in [0, 0.05) is 25.3 Å². The first-order chi connectivity index (χ1) is 20.1. The van der Waals surface area contributed by atoms with Crippen LogP contribution in [-0.4, -0.2) is 79.2 Å². The molecule has 0 saturated heterocycles. The zero-order valence-corrected chi connectivity index (χ0v) is 23.1. The van der Waals surface area contributed by atoms with Gasteiger partial charge in [0.25, 0.3) is 0 Å². The van der Waals surface area contributed by atoms with E-state index in [9.17, 15) is 45.4 Å². The van der Waals surface area contributed by atoms with Crippen LogP contribution < -0.4 is 10.1 Å². The van der Waals surface area contributed by atoms with E-state index in [-0.39, 0.29) is 26.2 Å². The molecule has 0 spiro atoms. The van der Waals surface area contributed by atoms with Gasteiger partial charge in [-0.2, -0.15) is 30.7 Å². The summed E-state index contributed by atoms with van der Waals surface area (Å²) in [4.78, 5) is 25.1. The fraction of sp³-hybridized carbons (Fsp3) is 0.500. The standard InChI is InChI=1S/C28H31F7N2O6/c1-2-41-23(24(38)39)16-18-6-10-22(11-7-18)42-14-12-37(13-15-43-28(34,35)26(29,30)27(31,32)33)25(40)36-21-9-8-19-4-3-5-20(19)17-21/h6-11,17,23H,2-5,12-16H2,1H3,(H,36,40)(H,38,39). The molecule has 1 aliphatic carbocycles. The average Bonchev–Trinajstić information content (AvgIpc) is 3.40. The number of alkyl halides is 7. The molecule has 0 aliphatic heterocycles. The van der Waals surface area contributed by atoms with Crippen LogP contribution in [0.5, 0.6) is 5.75 Å². The number of aryl methyl sites for hydroxylation is 2. The number of hydrogen-bond acceptors (Lipinski definition) is 5. The van der Waals surface area contributed by atoms with E-state index in [2.05, 4.69) is 10.1 Å². The smallest absolute Gasteiger partial charge is 0.462 e. The molecule has 2 N–H and O–H groups in total. The Bertz CT molecular complexity index is 1240. The van der Waals surface area contributed by atoms with Crippen molar-refractivity contribution in [1.82, 2.24) is 4.90 Å². The Morgan fingerprint density at radius 1 is 0.953 bits per heavy atom. The van der Waals surface area contributed by atoms with Crippen molar-refractivity contribution in [3.63, 3.8) is 0 Å². The fourth-order valence-electron chi connectivity index (χ4n) is 4.33. The summed E-state index contributed by atoms with van der Waals surface area (Å²) in [6.07, 6.45) is -10.7. The van der Waals surface area contributed by atoms with Crippen molar-refractivity contribution in [1.29, 1.82) is 0 Å². The van der Waals surface area contributed by atoms with Gasteiger partial charge >= 0.3 is 30.2 Å². The molecule has 3 rings (SSSR count). The number of nitrogens with zero attached hydrogens (tertiary/aromatic N) is 1. The van der Waals surface area contributed by atoms with Crippen LogP contribution in [0.1, 0.15) is 30.0 Å². The molecular weight excluding hydrogens is 593 g/mol. The van der Waals surface area contributed by atoms with Crippen molar-refractivity contribution in [2.24, 2.45) is 0 Å². The van der Waals surface area contributed by atoms with Crippen LogP contribution >= 0.6 is 0 Å². The van der Waals surface area contributed by atoms with Gasteiger partial charge in [-0.1, -0.05) is 18.2 Å². The van der Waals surface area contributed by atoms with Gasteiger partial charge in [-0.05, 0) is 67.1 Å². The van der Waals surface area contributed by atoms with Gasteiger partial charge in [-0.25, -0.2) is 9.59 Å². The number of rotatable bonds is 15. The van der Waals surface area contributed by atoms with Crippen LogP contribution in [0.15, 0.2) is 42.5 Å². The Morgan fingerprint density at radius 2 is 1.60 bits per heavy atom. The lowest BCUT2D eigenvalue weighted by Crippen LogP contribution is -2.54. The van der Waals surface area contributed by atoms with Crippen molar-refractivity contribution in [3.05, 3.63) is 59.2 Å². The van der Waals surface area contributed by atoms with Gasteiger partial charge in [-0.15, -0.1) is 0 Å². The van der Waals surface area contributed by atoms with Gasteiger partial charge in [0.15, 0.2) is 6.10 Å². The molecule has 1 aliphatic rings. The molecule has 238 valence electrons. The Kier molecular flexibility index (Phi) is 11.2. The molecule has 0 saturated carbocycles. The molecular formula is C28H31F7N2O6. The van der Waals surface area contributed by atoms with Crippen LogP contribution in [-0.2, 0) is 33.5 Å². The monoisotopic (exact) mass is 624 g/mol. The number of carboxylic acid groups (broad SMARTS) is 1. The van der Waals surface area contributed by atoms with Crippen LogP contribution in [0.4, 0.5) is 41.2 Å². The molecule has 1 unspecified atom stereocenters. The molecule has 15 heteroatoms. The SMILES string of the molecule is CCOC(Cc1ccc(OCCN(CCOC(F)(F)C(F)(F)C(F)(F)F)C(=O)Nc2ccc3c(c2)CCC3)cc1)C(=O)O. The minimum atomic E-state index is -6.55. The number of nitrogens with one attached hydrogen (secondary N) is 1. The third-order valence-electron chi connectivity index (χ3n) is 6.62. The Morgan fingerprint density at radius 3 is 2.23 bits per heavy atom. The molecule has 2 aromatic carbocycles. The minimum absolute atomic E-state index is 0.0954. The molecule has 1 atom stereocenters. The van der Waals surface area contributed by atoms with Crippen molar-refractivity contribution >= 4 is 17.7 Å². The fourth-order valence-corrected chi connectivity index (χ4v) is 4.33. The lowest BCUT2D eigenvalue weighted by atomic mass is 10.1. The van der Waals surface area contributed by atoms with E-state index in [1.165, 1.54) is 12.1 Å². The third kappa shape index (κ3) is 8.95. The average molecular weight is 625 g/mol. The predicted octanol–water partition coefficient (Wildman–Crippen LogP) is 5.93. The second-order valence-electron chi connectivity index (χ2n) is 9.67. The zero-order chi connectivity index (χ0) is 31.8. The summed E-state index contributed by atoms with van der Waals surface area (Å²) in [7, 11) is 0. The Labute approximate surface area is 242 Å². The maximum atomic E-state index is 13.6. The Balaban J connectivity index is 1.63. The van der Waals surface area contributed by atoms with Crippen LogP contribution in [0.2, 0.25) is 0 Å². The summed E-state index contributed by atoms with van der Waals surface area (Å²) >= 11 is 0. The highest BCUT2D eigenvalue weighted by Gasteiger charge is 2.74. The number of amides is 2. The summed E-state index contributed by atoms with van der Waals surface area (Å²) < 4.78 is 105. The van der Waals surface area contributed by atoms with E-state index in [0.717, 1.165) is 35.3 Å². The quantitative estimate of drug-likeness (QED) is 0.239. The van der Waals surface area contributed by atoms with E-state index in [1.54, 1.807) is 31.2 Å². The van der Waals surface area contributed by atoms with Crippen LogP contribution in [0.3, 0.4) is 0 Å². The molecule has 0 heterocycles. The first-order valence-corrected chi connectivity index (χ1v) is 13.3. The Hall–Kier alpha value is -3.59. The number of carbonyl (C=O) groups is 2. The maximum absolute atomic E-state index is 13.6. The van der Waals surface area contributed by atoms with Gasteiger partial charge in [0.05, 0.1) is 13.2 Å². The van der Waals surface area contributed by atoms with Crippen LogP contribution in [0.25, 0.3) is 0 Å². The van der Waals surface area contributed by atoms with E-state index in [4.69, 9.17) is 9.47 Å². The first-order valence-electron chi connectivity index (χ1n) is 13.3. The van der Waals surface area contributed by atoms with Crippen LogP contribution in [0, 0.1) is 0 Å². The lowest BCUT2D eigenvalue weighted by Gasteiger charge is -2.29. The summed E-state index contributed by atoms with van der Waals surface area (Å²) in [5.74, 6) is -7.26. The highest BCUT2D eigenvalue weighted by atomic mass is 19.4. The zero-order valence-electron chi connectivity index (χ0n) is 23.1. The van der Waals surface area contributed by atoms with Crippen molar-refractivity contribution in [2.45, 2.75) is 56.9 Å². The highest BCUT2D eigenvalue weighted by Crippen LogP contribution is 2.46. The molecule has 2 aromatic rings.